The fourth-order valence-electron chi connectivity index (χ4n) is 9.43. The number of halogens is 3. The summed E-state index contributed by atoms with van der Waals surface area (Å²) in [5, 5.41) is -5.30. The van der Waals surface area contributed by atoms with Crippen molar-refractivity contribution in [1.82, 2.24) is 0 Å². The van der Waals surface area contributed by atoms with Crippen LogP contribution in [0, 0.1) is 47.3 Å². The molecule has 6 bridgehead atoms. The molecule has 6 aliphatic carbocycles. The number of ether oxygens (including phenoxy) is 4. The highest BCUT2D eigenvalue weighted by Gasteiger charge is 2.71. The Morgan fingerprint density at radius 2 is 1.63 bits per heavy atom. The SMILES string of the molecule is CCC1(OC(=O)C2C3CC4C(OC(=O)C42)C3OC(=O)CCC(=O)OCC(F)C(F)(F)S(=O)(=O)[O-])C2CC3CC(C2)CC1C3. The first-order valence-corrected chi connectivity index (χ1v) is 16.3. The summed E-state index contributed by atoms with van der Waals surface area (Å²) < 4.78 is 93.2. The third-order valence-electron chi connectivity index (χ3n) is 11.1. The molecular weight excluding hydrogens is 601 g/mol. The molecular formula is C28H34F3O11S-. The van der Waals surface area contributed by atoms with E-state index in [2.05, 4.69) is 4.74 Å². The fraction of sp³-hybridized carbons (Fsp3) is 0.857. The Bertz CT molecular complexity index is 1270. The molecule has 0 aromatic heterocycles. The lowest BCUT2D eigenvalue weighted by atomic mass is 9.49. The molecule has 7 atom stereocenters. The van der Waals surface area contributed by atoms with E-state index in [0.29, 0.717) is 24.7 Å². The van der Waals surface area contributed by atoms with Crippen molar-refractivity contribution < 1.29 is 64.3 Å². The van der Waals surface area contributed by atoms with E-state index in [1.165, 1.54) is 6.42 Å². The molecule has 15 heteroatoms. The lowest BCUT2D eigenvalue weighted by Gasteiger charge is -2.60. The zero-order valence-corrected chi connectivity index (χ0v) is 24.3. The minimum Gasteiger partial charge on any atom is -0.743 e. The first kappa shape index (κ1) is 30.6. The first-order chi connectivity index (χ1) is 20.2. The Kier molecular flexibility index (Phi) is 7.54. The maximum absolute atomic E-state index is 13.9. The standard InChI is InChI=1S/C28H35F3O11S/c1-2-27(14-6-12-5-13(8-14)9-15(27)7-12)42-26(35)22-17-10-16-21(22)25(34)41-24(16)23(17)40-20(33)4-3-19(32)39-11-18(29)28(30,31)43(36,37)38/h12-18,21-24H,2-11H2,1H3,(H,36,37,38)/p-1. The second-order valence-corrected chi connectivity index (χ2v) is 14.6. The molecule has 7 unspecified atom stereocenters. The second-order valence-electron chi connectivity index (χ2n) is 13.2. The molecule has 1 aliphatic heterocycles. The number of esters is 4. The van der Waals surface area contributed by atoms with Crippen LogP contribution in [0.25, 0.3) is 0 Å². The first-order valence-electron chi connectivity index (χ1n) is 14.9. The van der Waals surface area contributed by atoms with Gasteiger partial charge in [-0.2, -0.15) is 8.78 Å². The van der Waals surface area contributed by atoms with Gasteiger partial charge in [0.15, 0.2) is 10.1 Å². The minimum absolute atomic E-state index is 0.288. The summed E-state index contributed by atoms with van der Waals surface area (Å²) in [4.78, 5) is 51.2. The van der Waals surface area contributed by atoms with Gasteiger partial charge in [0.05, 0.1) is 24.7 Å². The minimum atomic E-state index is -6.32. The molecule has 7 rings (SSSR count). The van der Waals surface area contributed by atoms with Gasteiger partial charge in [0.2, 0.25) is 6.17 Å². The highest BCUT2D eigenvalue weighted by molar-refractivity contribution is 7.86. The van der Waals surface area contributed by atoms with Gasteiger partial charge in [-0.15, -0.1) is 0 Å². The van der Waals surface area contributed by atoms with Crippen molar-refractivity contribution in [2.75, 3.05) is 6.61 Å². The number of carbonyl (C=O) groups is 4. The normalized spacial score (nSPS) is 41.2. The molecule has 1 saturated heterocycles. The van der Waals surface area contributed by atoms with Crippen LogP contribution in [0.4, 0.5) is 13.2 Å². The van der Waals surface area contributed by atoms with Gasteiger partial charge >= 0.3 is 29.1 Å². The zero-order valence-electron chi connectivity index (χ0n) is 23.5. The summed E-state index contributed by atoms with van der Waals surface area (Å²) in [5.74, 6) is -3.67. The predicted octanol–water partition coefficient (Wildman–Crippen LogP) is 2.65. The van der Waals surface area contributed by atoms with Gasteiger partial charge in [0, 0.05) is 11.8 Å². The van der Waals surface area contributed by atoms with Gasteiger partial charge < -0.3 is 23.5 Å². The molecule has 11 nitrogen and oxygen atoms in total. The van der Waals surface area contributed by atoms with Crippen molar-refractivity contribution in [3.8, 4) is 0 Å². The van der Waals surface area contributed by atoms with Gasteiger partial charge in [0.25, 0.3) is 0 Å². The maximum atomic E-state index is 13.9. The van der Waals surface area contributed by atoms with Crippen LogP contribution in [0.2, 0.25) is 0 Å². The van der Waals surface area contributed by atoms with Crippen molar-refractivity contribution in [3.63, 3.8) is 0 Å². The summed E-state index contributed by atoms with van der Waals surface area (Å²) in [6.07, 6.45) is -0.110. The number of fused-ring (bicyclic) bond motifs is 1. The largest absolute Gasteiger partial charge is 0.743 e. The number of hydrogen-bond acceptors (Lipinski definition) is 11. The molecule has 7 fully saturated rings. The fourth-order valence-corrected chi connectivity index (χ4v) is 9.81. The Hall–Kier alpha value is -2.42. The van der Waals surface area contributed by atoms with Crippen molar-refractivity contribution in [2.45, 2.75) is 93.9 Å². The zero-order chi connectivity index (χ0) is 31.1. The van der Waals surface area contributed by atoms with E-state index in [-0.39, 0.29) is 17.8 Å². The average Bonchev–Trinajstić information content (AvgIpc) is 3.55. The van der Waals surface area contributed by atoms with Crippen molar-refractivity contribution in [1.29, 1.82) is 0 Å². The van der Waals surface area contributed by atoms with E-state index in [1.54, 1.807) is 0 Å². The molecule has 240 valence electrons. The Balaban J connectivity index is 1.06. The second kappa shape index (κ2) is 10.6. The molecule has 0 amide bonds. The van der Waals surface area contributed by atoms with E-state index in [0.717, 1.165) is 25.7 Å². The summed E-state index contributed by atoms with van der Waals surface area (Å²) in [6.45, 7) is 0.330. The third-order valence-corrected chi connectivity index (χ3v) is 12.0. The third kappa shape index (κ3) is 4.92. The van der Waals surface area contributed by atoms with Crippen LogP contribution in [-0.4, -0.2) is 72.7 Å². The number of alkyl halides is 3. The topological polar surface area (TPSA) is 162 Å². The molecule has 0 aromatic rings. The Morgan fingerprint density at radius 1 is 1.02 bits per heavy atom. The summed E-state index contributed by atoms with van der Waals surface area (Å²) in [6, 6.07) is 0. The summed E-state index contributed by atoms with van der Waals surface area (Å²) in [7, 11) is -6.32. The average molecular weight is 636 g/mol. The van der Waals surface area contributed by atoms with E-state index in [9.17, 15) is 45.3 Å². The van der Waals surface area contributed by atoms with Gasteiger partial charge in [-0.1, -0.05) is 6.92 Å². The molecule has 43 heavy (non-hydrogen) atoms. The Morgan fingerprint density at radius 3 is 2.21 bits per heavy atom. The van der Waals surface area contributed by atoms with Crippen molar-refractivity contribution >= 4 is 34.0 Å². The lowest BCUT2D eigenvalue weighted by molar-refractivity contribution is -0.218. The molecule has 1 heterocycles. The monoisotopic (exact) mass is 635 g/mol. The van der Waals surface area contributed by atoms with Gasteiger partial charge in [-0.3, -0.25) is 19.2 Å². The van der Waals surface area contributed by atoms with Gasteiger partial charge in [-0.25, -0.2) is 12.8 Å². The number of hydrogen-bond donors (Lipinski definition) is 0. The highest BCUT2D eigenvalue weighted by Crippen LogP contribution is 2.63. The lowest BCUT2D eigenvalue weighted by Crippen LogP contribution is -2.60. The molecule has 0 radical (unpaired) electrons. The molecule has 6 saturated carbocycles. The van der Waals surface area contributed by atoms with Crippen LogP contribution < -0.4 is 0 Å². The number of carbonyl (C=O) groups excluding carboxylic acids is 4. The van der Waals surface area contributed by atoms with E-state index in [4.69, 9.17) is 14.2 Å². The van der Waals surface area contributed by atoms with Gasteiger partial charge in [-0.05, 0) is 68.6 Å². The quantitative estimate of drug-likeness (QED) is 0.186. The van der Waals surface area contributed by atoms with Crippen LogP contribution in [0.15, 0.2) is 0 Å². The molecule has 0 spiro atoms. The molecule has 7 aliphatic rings. The van der Waals surface area contributed by atoms with E-state index >= 15 is 0 Å². The van der Waals surface area contributed by atoms with Crippen LogP contribution in [-0.2, 0) is 48.2 Å². The van der Waals surface area contributed by atoms with Crippen LogP contribution >= 0.6 is 0 Å². The van der Waals surface area contributed by atoms with Gasteiger partial charge in [0.1, 0.15) is 24.4 Å². The van der Waals surface area contributed by atoms with E-state index in [1.807, 2.05) is 6.92 Å². The van der Waals surface area contributed by atoms with Crippen molar-refractivity contribution in [2.24, 2.45) is 47.3 Å². The van der Waals surface area contributed by atoms with Crippen LogP contribution in [0.3, 0.4) is 0 Å². The Labute approximate surface area is 246 Å². The molecule has 0 aromatic carbocycles. The summed E-state index contributed by atoms with van der Waals surface area (Å²) >= 11 is 0. The van der Waals surface area contributed by atoms with Crippen LogP contribution in [0.1, 0.15) is 64.7 Å². The molecule has 0 N–H and O–H groups in total. The van der Waals surface area contributed by atoms with E-state index < -0.39 is 100 Å². The van der Waals surface area contributed by atoms with Crippen molar-refractivity contribution in [3.05, 3.63) is 0 Å². The predicted molar refractivity (Wildman–Crippen MR) is 134 cm³/mol. The smallest absolute Gasteiger partial charge is 0.368 e. The summed E-state index contributed by atoms with van der Waals surface area (Å²) in [5.41, 5.74) is -0.568. The number of rotatable bonds is 11. The van der Waals surface area contributed by atoms with Crippen LogP contribution in [0.5, 0.6) is 0 Å². The highest BCUT2D eigenvalue weighted by atomic mass is 32.2. The maximum Gasteiger partial charge on any atom is 0.368 e.